The van der Waals surface area contributed by atoms with Gasteiger partial charge in [-0.05, 0) is 12.8 Å². The Morgan fingerprint density at radius 2 is 1.86 bits per heavy atom. The fraction of sp³-hybridized carbons (Fsp3) is 1.00. The van der Waals surface area contributed by atoms with Crippen molar-refractivity contribution in [1.82, 2.24) is 5.23 Å². The fourth-order valence-electron chi connectivity index (χ4n) is 1.85. The highest BCUT2D eigenvalue weighted by Crippen LogP contribution is 2.35. The van der Waals surface area contributed by atoms with E-state index in [1.54, 1.807) is 13.8 Å². The van der Waals surface area contributed by atoms with Gasteiger partial charge in [0.1, 0.15) is 22.4 Å². The second kappa shape index (κ2) is 6.69. The van der Waals surface area contributed by atoms with E-state index in [1.807, 2.05) is 0 Å². The van der Waals surface area contributed by atoms with Gasteiger partial charge in [0.2, 0.25) is 6.54 Å². The number of hydroxylamine groups is 2. The third-order valence-electron chi connectivity index (χ3n) is 3.13. The Kier molecular flexibility index (Phi) is 5.46. The molecule has 1 aliphatic heterocycles. The fourth-order valence-corrected chi connectivity index (χ4v) is 1.85. The minimum atomic E-state index is -2.79. The zero-order valence-electron chi connectivity index (χ0n) is 11.5. The molecule has 1 aliphatic rings. The van der Waals surface area contributed by atoms with E-state index in [4.69, 9.17) is 9.68 Å². The molecule has 21 heavy (non-hydrogen) atoms. The molecule has 1 rings (SSSR count). The molecule has 0 N–H and O–H groups in total. The summed E-state index contributed by atoms with van der Waals surface area (Å²) in [6, 6.07) is 0. The summed E-state index contributed by atoms with van der Waals surface area (Å²) < 4.78 is 0. The van der Waals surface area contributed by atoms with Crippen molar-refractivity contribution in [2.75, 3.05) is 6.54 Å². The van der Waals surface area contributed by atoms with Crippen LogP contribution in [0, 0.1) is 30.3 Å². The summed E-state index contributed by atoms with van der Waals surface area (Å²) in [5.41, 5.74) is 0. The SMILES string of the molecule is CCC(C[N+](=O)[O-])ON1OC(CC)CC1([N+](=O)[O-])[N+](=O)[O-]. The standard InChI is InChI=1S/C9H16N4O8/c1-3-7-5-9(11(16)17,12(18)19)13(20-7)21-8(4-2)6-10(14)15/h7-8H,3-6H2,1-2H3. The quantitative estimate of drug-likeness (QED) is 0.356. The van der Waals surface area contributed by atoms with Crippen LogP contribution in [0.15, 0.2) is 0 Å². The first-order valence-electron chi connectivity index (χ1n) is 6.32. The molecule has 1 fully saturated rings. The largest absolute Gasteiger partial charge is 0.568 e. The lowest BCUT2D eigenvalue weighted by Crippen LogP contribution is -2.57. The van der Waals surface area contributed by atoms with Crippen LogP contribution < -0.4 is 0 Å². The first-order valence-corrected chi connectivity index (χ1v) is 6.32. The molecule has 120 valence electrons. The molecule has 1 saturated heterocycles. The molecule has 12 heteroatoms. The molecule has 0 aromatic carbocycles. The lowest BCUT2D eigenvalue weighted by Gasteiger charge is -2.22. The van der Waals surface area contributed by atoms with Crippen molar-refractivity contribution < 1.29 is 24.4 Å². The van der Waals surface area contributed by atoms with Crippen molar-refractivity contribution in [2.24, 2.45) is 0 Å². The molecule has 0 bridgehead atoms. The molecule has 0 saturated carbocycles. The van der Waals surface area contributed by atoms with Crippen molar-refractivity contribution >= 4 is 0 Å². The molecule has 0 aliphatic carbocycles. The van der Waals surface area contributed by atoms with Gasteiger partial charge in [-0.15, -0.1) is 0 Å². The van der Waals surface area contributed by atoms with Gasteiger partial charge < -0.3 is 0 Å². The van der Waals surface area contributed by atoms with Gasteiger partial charge >= 0.3 is 5.79 Å². The smallest absolute Gasteiger partial charge is 0.264 e. The van der Waals surface area contributed by atoms with Crippen molar-refractivity contribution in [3.63, 3.8) is 0 Å². The molecule has 0 radical (unpaired) electrons. The highest BCUT2D eigenvalue weighted by Gasteiger charge is 2.71. The Bertz CT molecular complexity index is 416. The van der Waals surface area contributed by atoms with E-state index < -0.39 is 45.7 Å². The summed E-state index contributed by atoms with van der Waals surface area (Å²) in [7, 11) is 0. The molecule has 0 aromatic heterocycles. The van der Waals surface area contributed by atoms with Crippen LogP contribution in [0.2, 0.25) is 0 Å². The van der Waals surface area contributed by atoms with Crippen molar-refractivity contribution in [1.29, 1.82) is 0 Å². The van der Waals surface area contributed by atoms with Gasteiger partial charge in [-0.1, -0.05) is 13.8 Å². The van der Waals surface area contributed by atoms with Gasteiger partial charge in [-0.3, -0.25) is 40.0 Å². The number of hydrogen-bond donors (Lipinski definition) is 0. The Balaban J connectivity index is 3.02. The van der Waals surface area contributed by atoms with Gasteiger partial charge in [-0.2, -0.15) is 0 Å². The van der Waals surface area contributed by atoms with E-state index in [2.05, 4.69) is 0 Å². The highest BCUT2D eigenvalue weighted by molar-refractivity contribution is 4.73. The molecule has 0 amide bonds. The monoisotopic (exact) mass is 308 g/mol. The summed E-state index contributed by atoms with van der Waals surface area (Å²) >= 11 is 0. The van der Waals surface area contributed by atoms with E-state index >= 15 is 0 Å². The summed E-state index contributed by atoms with van der Waals surface area (Å²) in [4.78, 5) is 40.0. The van der Waals surface area contributed by atoms with E-state index in [-0.39, 0.29) is 11.6 Å². The summed E-state index contributed by atoms with van der Waals surface area (Å²) in [6.45, 7) is 2.56. The summed E-state index contributed by atoms with van der Waals surface area (Å²) in [5.74, 6) is -2.79. The summed E-state index contributed by atoms with van der Waals surface area (Å²) in [6.07, 6.45) is -1.89. The Morgan fingerprint density at radius 3 is 2.24 bits per heavy atom. The lowest BCUT2D eigenvalue weighted by atomic mass is 10.1. The topological polar surface area (TPSA) is 151 Å². The van der Waals surface area contributed by atoms with Crippen LogP contribution in [0.5, 0.6) is 0 Å². The third-order valence-corrected chi connectivity index (χ3v) is 3.13. The highest BCUT2D eigenvalue weighted by atomic mass is 17.0. The average molecular weight is 308 g/mol. The zero-order chi connectivity index (χ0) is 16.2. The Labute approximate surface area is 119 Å². The number of nitro groups is 3. The van der Waals surface area contributed by atoms with Crippen molar-refractivity contribution in [3.05, 3.63) is 30.3 Å². The summed E-state index contributed by atoms with van der Waals surface area (Å²) in [5, 5.41) is 33.0. The Morgan fingerprint density at radius 1 is 1.29 bits per heavy atom. The number of rotatable bonds is 8. The number of nitrogens with zero attached hydrogens (tertiary/aromatic N) is 4. The van der Waals surface area contributed by atoms with Gasteiger partial charge in [0.25, 0.3) is 0 Å². The molecule has 2 unspecified atom stereocenters. The van der Waals surface area contributed by atoms with Crippen LogP contribution in [-0.2, 0) is 9.68 Å². The number of hydrogen-bond acceptors (Lipinski definition) is 9. The normalized spacial score (nSPS) is 22.9. The van der Waals surface area contributed by atoms with Crippen LogP contribution in [0.4, 0.5) is 0 Å². The second-order valence-electron chi connectivity index (χ2n) is 4.54. The molecular formula is C9H16N4O8. The van der Waals surface area contributed by atoms with Gasteiger partial charge in [0.15, 0.2) is 0 Å². The first-order chi connectivity index (χ1) is 9.77. The third kappa shape index (κ3) is 3.40. The van der Waals surface area contributed by atoms with Crippen LogP contribution in [0.1, 0.15) is 33.1 Å². The molecule has 12 nitrogen and oxygen atoms in total. The van der Waals surface area contributed by atoms with Crippen molar-refractivity contribution in [2.45, 2.75) is 51.1 Å². The van der Waals surface area contributed by atoms with Gasteiger partial charge in [-0.25, -0.2) is 0 Å². The lowest BCUT2D eigenvalue weighted by molar-refractivity contribution is -0.852. The predicted molar refractivity (Wildman–Crippen MR) is 65.4 cm³/mol. The minimum absolute atomic E-state index is 0.142. The maximum absolute atomic E-state index is 11.2. The zero-order valence-corrected chi connectivity index (χ0v) is 11.5. The van der Waals surface area contributed by atoms with Crippen molar-refractivity contribution in [3.8, 4) is 0 Å². The van der Waals surface area contributed by atoms with Crippen LogP contribution in [-0.4, -0.2) is 44.5 Å². The molecular weight excluding hydrogens is 292 g/mol. The van der Waals surface area contributed by atoms with Crippen LogP contribution >= 0.6 is 0 Å². The predicted octanol–water partition coefficient (Wildman–Crippen LogP) is 0.596. The van der Waals surface area contributed by atoms with E-state index in [0.717, 1.165) is 0 Å². The Hall–Kier alpha value is -1.92. The van der Waals surface area contributed by atoms with E-state index in [1.165, 1.54) is 0 Å². The minimum Gasteiger partial charge on any atom is -0.264 e. The van der Waals surface area contributed by atoms with E-state index in [0.29, 0.717) is 6.42 Å². The maximum atomic E-state index is 11.2. The maximum Gasteiger partial charge on any atom is 0.568 e. The van der Waals surface area contributed by atoms with Crippen LogP contribution in [0.3, 0.4) is 0 Å². The molecule has 1 heterocycles. The molecule has 0 aromatic rings. The van der Waals surface area contributed by atoms with E-state index in [9.17, 15) is 30.3 Å². The molecule has 0 spiro atoms. The average Bonchev–Trinajstić information content (AvgIpc) is 2.77. The van der Waals surface area contributed by atoms with Gasteiger partial charge in [0, 0.05) is 4.92 Å². The van der Waals surface area contributed by atoms with Gasteiger partial charge in [0.05, 0.1) is 11.3 Å². The second-order valence-corrected chi connectivity index (χ2v) is 4.54. The molecule has 2 atom stereocenters. The first kappa shape index (κ1) is 17.1. The van der Waals surface area contributed by atoms with Crippen LogP contribution in [0.25, 0.3) is 0 Å².